The van der Waals surface area contributed by atoms with Crippen LogP contribution in [0.2, 0.25) is 0 Å². The van der Waals surface area contributed by atoms with E-state index in [0.29, 0.717) is 38.9 Å². The molecule has 2 saturated heterocycles. The normalized spacial score (nSPS) is 32.6. The SMILES string of the molecule is N#CCCC1(O)CC2COCC(C1)N2Cc1ccccc1. The van der Waals surface area contributed by atoms with Gasteiger partial charge in [-0.05, 0) is 24.8 Å². The third kappa shape index (κ3) is 3.26. The summed E-state index contributed by atoms with van der Waals surface area (Å²) in [7, 11) is 0. The van der Waals surface area contributed by atoms with E-state index in [1.807, 2.05) is 6.07 Å². The predicted octanol–water partition coefficient (Wildman–Crippen LogP) is 2.08. The van der Waals surface area contributed by atoms with Crippen LogP contribution < -0.4 is 0 Å². The molecule has 2 atom stereocenters. The number of benzene rings is 1. The van der Waals surface area contributed by atoms with Gasteiger partial charge in [-0.15, -0.1) is 0 Å². The van der Waals surface area contributed by atoms with Crippen LogP contribution in [0.1, 0.15) is 31.2 Å². The Bertz CT molecular complexity index is 497. The Morgan fingerprint density at radius 3 is 2.52 bits per heavy atom. The average molecular weight is 286 g/mol. The highest BCUT2D eigenvalue weighted by molar-refractivity contribution is 5.15. The maximum Gasteiger partial charge on any atom is 0.0689 e. The van der Waals surface area contributed by atoms with Crippen LogP contribution in [0.25, 0.3) is 0 Å². The highest BCUT2D eigenvalue weighted by Gasteiger charge is 2.45. The van der Waals surface area contributed by atoms with Gasteiger partial charge >= 0.3 is 0 Å². The lowest BCUT2D eigenvalue weighted by Gasteiger charge is -2.51. The molecule has 2 aliphatic heterocycles. The average Bonchev–Trinajstić information content (AvgIpc) is 2.48. The second kappa shape index (κ2) is 6.15. The molecule has 0 saturated carbocycles. The number of ether oxygens (including phenoxy) is 1. The molecule has 1 N–H and O–H groups in total. The predicted molar refractivity (Wildman–Crippen MR) is 79.4 cm³/mol. The topological polar surface area (TPSA) is 56.5 Å². The van der Waals surface area contributed by atoms with E-state index in [4.69, 9.17) is 10.00 Å². The first kappa shape index (κ1) is 14.5. The Morgan fingerprint density at radius 1 is 1.24 bits per heavy atom. The molecule has 0 amide bonds. The number of rotatable bonds is 4. The molecule has 0 aromatic heterocycles. The molecule has 2 aliphatic rings. The molecule has 0 aliphatic carbocycles. The van der Waals surface area contributed by atoms with Gasteiger partial charge < -0.3 is 9.84 Å². The van der Waals surface area contributed by atoms with E-state index < -0.39 is 5.60 Å². The van der Waals surface area contributed by atoms with Crippen LogP contribution >= 0.6 is 0 Å². The fraction of sp³-hybridized carbons (Fsp3) is 0.588. The molecule has 2 unspecified atom stereocenters. The fourth-order valence-corrected chi connectivity index (χ4v) is 3.69. The van der Waals surface area contributed by atoms with E-state index in [1.54, 1.807) is 0 Å². The molecule has 112 valence electrons. The third-order valence-electron chi connectivity index (χ3n) is 4.70. The number of fused-ring (bicyclic) bond motifs is 2. The van der Waals surface area contributed by atoms with Crippen molar-refractivity contribution in [2.24, 2.45) is 0 Å². The molecule has 4 nitrogen and oxygen atoms in total. The Hall–Kier alpha value is -1.41. The van der Waals surface area contributed by atoms with Crippen molar-refractivity contribution in [3.63, 3.8) is 0 Å². The molecule has 4 heteroatoms. The van der Waals surface area contributed by atoms with Crippen molar-refractivity contribution in [3.8, 4) is 6.07 Å². The van der Waals surface area contributed by atoms with Gasteiger partial charge in [-0.3, -0.25) is 4.90 Å². The van der Waals surface area contributed by atoms with Gasteiger partial charge in [-0.25, -0.2) is 0 Å². The molecule has 2 bridgehead atoms. The molecule has 0 radical (unpaired) electrons. The largest absolute Gasteiger partial charge is 0.390 e. The Morgan fingerprint density at radius 2 is 1.90 bits per heavy atom. The van der Waals surface area contributed by atoms with Crippen molar-refractivity contribution in [1.82, 2.24) is 4.90 Å². The van der Waals surface area contributed by atoms with E-state index in [0.717, 1.165) is 6.54 Å². The first-order valence-corrected chi connectivity index (χ1v) is 7.67. The summed E-state index contributed by atoms with van der Waals surface area (Å²) in [5.41, 5.74) is 0.610. The zero-order valence-electron chi connectivity index (χ0n) is 12.2. The van der Waals surface area contributed by atoms with Crippen LogP contribution in [0.3, 0.4) is 0 Å². The Labute approximate surface area is 125 Å². The lowest BCUT2D eigenvalue weighted by molar-refractivity contribution is -0.147. The number of morpholine rings is 1. The van der Waals surface area contributed by atoms with E-state index in [2.05, 4.69) is 35.2 Å². The van der Waals surface area contributed by atoms with Gasteiger partial charge in [-0.2, -0.15) is 5.26 Å². The minimum atomic E-state index is -0.692. The zero-order chi connectivity index (χ0) is 14.7. The monoisotopic (exact) mass is 286 g/mol. The molecule has 1 aromatic rings. The standard InChI is InChI=1S/C17H22N2O2/c18-8-4-7-17(20)9-15-12-21-13-16(10-17)19(15)11-14-5-2-1-3-6-14/h1-3,5-6,15-16,20H,4,7,9-13H2. The van der Waals surface area contributed by atoms with Crippen LogP contribution in [0, 0.1) is 11.3 Å². The summed E-state index contributed by atoms with van der Waals surface area (Å²) >= 11 is 0. The number of hydrogen-bond donors (Lipinski definition) is 1. The molecule has 1 aromatic carbocycles. The maximum atomic E-state index is 10.8. The van der Waals surface area contributed by atoms with Crippen LogP contribution in [-0.4, -0.2) is 40.9 Å². The first-order valence-electron chi connectivity index (χ1n) is 7.67. The first-order chi connectivity index (χ1) is 10.2. The second-order valence-electron chi connectivity index (χ2n) is 6.29. The summed E-state index contributed by atoms with van der Waals surface area (Å²) in [5, 5.41) is 19.5. The minimum absolute atomic E-state index is 0.251. The number of aliphatic hydroxyl groups is 1. The maximum absolute atomic E-state index is 10.8. The summed E-state index contributed by atoms with van der Waals surface area (Å²) < 4.78 is 5.68. The van der Waals surface area contributed by atoms with Gasteiger partial charge in [0, 0.05) is 25.0 Å². The van der Waals surface area contributed by atoms with Crippen LogP contribution in [0.4, 0.5) is 0 Å². The summed E-state index contributed by atoms with van der Waals surface area (Å²) in [5.74, 6) is 0. The Kier molecular flexibility index (Phi) is 4.25. The highest BCUT2D eigenvalue weighted by atomic mass is 16.5. The smallest absolute Gasteiger partial charge is 0.0689 e. The lowest BCUT2D eigenvalue weighted by Crippen LogP contribution is -2.61. The van der Waals surface area contributed by atoms with Gasteiger partial charge in [0.2, 0.25) is 0 Å². The molecular formula is C17H22N2O2. The molecular weight excluding hydrogens is 264 g/mol. The van der Waals surface area contributed by atoms with E-state index in [9.17, 15) is 5.11 Å². The van der Waals surface area contributed by atoms with Crippen molar-refractivity contribution < 1.29 is 9.84 Å². The van der Waals surface area contributed by atoms with Crippen LogP contribution in [0.5, 0.6) is 0 Å². The quantitative estimate of drug-likeness (QED) is 0.921. The molecule has 21 heavy (non-hydrogen) atoms. The lowest BCUT2D eigenvalue weighted by atomic mass is 9.78. The molecule has 2 fully saturated rings. The highest BCUT2D eigenvalue weighted by Crippen LogP contribution is 2.37. The van der Waals surface area contributed by atoms with Gasteiger partial charge in [0.25, 0.3) is 0 Å². The van der Waals surface area contributed by atoms with E-state index >= 15 is 0 Å². The fourth-order valence-electron chi connectivity index (χ4n) is 3.69. The van der Waals surface area contributed by atoms with E-state index in [1.165, 1.54) is 5.56 Å². The summed E-state index contributed by atoms with van der Waals surface area (Å²) in [6.45, 7) is 2.27. The summed E-state index contributed by atoms with van der Waals surface area (Å²) in [4.78, 5) is 2.47. The van der Waals surface area contributed by atoms with Crippen molar-refractivity contribution in [3.05, 3.63) is 35.9 Å². The van der Waals surface area contributed by atoms with Crippen molar-refractivity contribution in [1.29, 1.82) is 5.26 Å². The van der Waals surface area contributed by atoms with Crippen molar-refractivity contribution >= 4 is 0 Å². The third-order valence-corrected chi connectivity index (χ3v) is 4.70. The number of nitrogens with zero attached hydrogens (tertiary/aromatic N) is 2. The Balaban J connectivity index is 1.72. The van der Waals surface area contributed by atoms with E-state index in [-0.39, 0.29) is 12.1 Å². The second-order valence-corrected chi connectivity index (χ2v) is 6.29. The van der Waals surface area contributed by atoms with Gasteiger partial charge in [0.15, 0.2) is 0 Å². The summed E-state index contributed by atoms with van der Waals surface area (Å²) in [6.07, 6.45) is 2.42. The number of nitriles is 1. The van der Waals surface area contributed by atoms with Gasteiger partial charge in [0.05, 0.1) is 24.9 Å². The molecule has 3 rings (SSSR count). The van der Waals surface area contributed by atoms with Crippen molar-refractivity contribution in [2.75, 3.05) is 13.2 Å². The summed E-state index contributed by atoms with van der Waals surface area (Å²) in [6, 6.07) is 13.1. The molecule has 0 spiro atoms. The number of hydrogen-bond acceptors (Lipinski definition) is 4. The van der Waals surface area contributed by atoms with Crippen LogP contribution in [-0.2, 0) is 11.3 Å². The zero-order valence-corrected chi connectivity index (χ0v) is 12.2. The van der Waals surface area contributed by atoms with Gasteiger partial charge in [0.1, 0.15) is 0 Å². The van der Waals surface area contributed by atoms with Gasteiger partial charge in [-0.1, -0.05) is 30.3 Å². The number of piperidine rings is 1. The molecule has 2 heterocycles. The van der Waals surface area contributed by atoms with Crippen molar-refractivity contribution in [2.45, 2.75) is 49.9 Å². The minimum Gasteiger partial charge on any atom is -0.390 e. The van der Waals surface area contributed by atoms with Crippen LogP contribution in [0.15, 0.2) is 30.3 Å².